The van der Waals surface area contributed by atoms with Gasteiger partial charge in [-0.3, -0.25) is 4.79 Å². The Kier molecular flexibility index (Phi) is 4.43. The number of piperidine rings is 1. The molecule has 4 rings (SSSR count). The SMILES string of the molecule is Cn1c(C#N)c(-c2ccccc2)c2cc(N3CCC(O)CC3)ccc2c1=O. The fourth-order valence-corrected chi connectivity index (χ4v) is 3.85. The predicted octanol–water partition coefficient (Wildman–Crippen LogP) is 3.04. The maximum atomic E-state index is 12.8. The molecule has 0 radical (unpaired) electrons. The summed E-state index contributed by atoms with van der Waals surface area (Å²) in [6.07, 6.45) is 1.24. The number of anilines is 1. The number of pyridine rings is 1. The molecular weight excluding hydrogens is 338 g/mol. The van der Waals surface area contributed by atoms with Crippen LogP contribution in [0.15, 0.2) is 53.3 Å². The third-order valence-corrected chi connectivity index (χ3v) is 5.38. The summed E-state index contributed by atoms with van der Waals surface area (Å²) in [6.45, 7) is 1.56. The van der Waals surface area contributed by atoms with Gasteiger partial charge in [0.05, 0.1) is 6.10 Å². The lowest BCUT2D eigenvalue weighted by molar-refractivity contribution is 0.145. The summed E-state index contributed by atoms with van der Waals surface area (Å²) in [6, 6.07) is 17.8. The molecule has 0 amide bonds. The van der Waals surface area contributed by atoms with E-state index in [4.69, 9.17) is 0 Å². The minimum atomic E-state index is -0.237. The zero-order chi connectivity index (χ0) is 19.0. The van der Waals surface area contributed by atoms with E-state index in [1.54, 1.807) is 7.05 Å². The quantitative estimate of drug-likeness (QED) is 0.764. The Bertz CT molecular complexity index is 1090. The average molecular weight is 359 g/mol. The van der Waals surface area contributed by atoms with Crippen molar-refractivity contribution in [2.24, 2.45) is 7.05 Å². The zero-order valence-corrected chi connectivity index (χ0v) is 15.2. The number of rotatable bonds is 2. The Morgan fingerprint density at radius 2 is 1.78 bits per heavy atom. The monoisotopic (exact) mass is 359 g/mol. The number of hydrogen-bond donors (Lipinski definition) is 1. The van der Waals surface area contributed by atoms with Crippen LogP contribution in [0.2, 0.25) is 0 Å². The van der Waals surface area contributed by atoms with Crippen LogP contribution in [0, 0.1) is 11.3 Å². The third kappa shape index (κ3) is 2.98. The van der Waals surface area contributed by atoms with Crippen molar-refractivity contribution in [3.8, 4) is 17.2 Å². The predicted molar refractivity (Wildman–Crippen MR) is 107 cm³/mol. The molecule has 136 valence electrons. The Hall–Kier alpha value is -3.10. The number of aromatic nitrogens is 1. The lowest BCUT2D eigenvalue weighted by atomic mass is 9.96. The molecule has 1 saturated heterocycles. The minimum Gasteiger partial charge on any atom is -0.393 e. The first-order chi connectivity index (χ1) is 13.1. The highest BCUT2D eigenvalue weighted by atomic mass is 16.3. The molecule has 5 heteroatoms. The summed E-state index contributed by atoms with van der Waals surface area (Å²) < 4.78 is 1.43. The molecule has 1 aliphatic rings. The molecule has 0 aliphatic carbocycles. The lowest BCUT2D eigenvalue weighted by Gasteiger charge is -2.31. The molecule has 5 nitrogen and oxygen atoms in total. The van der Waals surface area contributed by atoms with Crippen molar-refractivity contribution < 1.29 is 5.11 Å². The Balaban J connectivity index is 1.98. The number of nitriles is 1. The molecule has 0 spiro atoms. The van der Waals surface area contributed by atoms with E-state index in [-0.39, 0.29) is 11.7 Å². The van der Waals surface area contributed by atoms with Crippen molar-refractivity contribution in [3.05, 3.63) is 64.6 Å². The van der Waals surface area contributed by atoms with Crippen LogP contribution in [0.1, 0.15) is 18.5 Å². The van der Waals surface area contributed by atoms with Crippen LogP contribution in [0.25, 0.3) is 21.9 Å². The molecule has 2 heterocycles. The van der Waals surface area contributed by atoms with Gasteiger partial charge < -0.3 is 14.6 Å². The summed E-state index contributed by atoms with van der Waals surface area (Å²) in [5, 5.41) is 20.9. The summed E-state index contributed by atoms with van der Waals surface area (Å²) in [5.41, 5.74) is 2.92. The highest BCUT2D eigenvalue weighted by Crippen LogP contribution is 2.33. The summed E-state index contributed by atoms with van der Waals surface area (Å²) in [5.74, 6) is 0. The van der Waals surface area contributed by atoms with Gasteiger partial charge in [-0.15, -0.1) is 0 Å². The van der Waals surface area contributed by atoms with E-state index >= 15 is 0 Å². The van der Waals surface area contributed by atoms with Gasteiger partial charge >= 0.3 is 0 Å². The average Bonchev–Trinajstić information content (AvgIpc) is 2.71. The van der Waals surface area contributed by atoms with Gasteiger partial charge in [0.1, 0.15) is 11.8 Å². The van der Waals surface area contributed by atoms with E-state index < -0.39 is 0 Å². The second kappa shape index (κ2) is 6.90. The number of aliphatic hydroxyl groups is 1. The Morgan fingerprint density at radius 3 is 2.44 bits per heavy atom. The fraction of sp³-hybridized carbons (Fsp3) is 0.273. The summed E-state index contributed by atoms with van der Waals surface area (Å²) >= 11 is 0. The standard InChI is InChI=1S/C22H21N3O2/c1-24-20(14-23)21(15-5-3-2-4-6-15)19-13-16(7-8-18(19)22(24)27)25-11-9-17(26)10-12-25/h2-8,13,17,26H,9-12H2,1H3. The van der Waals surface area contributed by atoms with Gasteiger partial charge in [0, 0.05) is 36.8 Å². The number of fused-ring (bicyclic) bond motifs is 1. The molecule has 2 aromatic carbocycles. The van der Waals surface area contributed by atoms with Crippen LogP contribution in [-0.4, -0.2) is 28.9 Å². The van der Waals surface area contributed by atoms with Crippen LogP contribution in [-0.2, 0) is 7.05 Å². The van der Waals surface area contributed by atoms with Crippen molar-refractivity contribution >= 4 is 16.5 Å². The first-order valence-corrected chi connectivity index (χ1v) is 9.15. The van der Waals surface area contributed by atoms with E-state index in [1.165, 1.54) is 4.57 Å². The maximum absolute atomic E-state index is 12.8. The Morgan fingerprint density at radius 1 is 1.07 bits per heavy atom. The smallest absolute Gasteiger partial charge is 0.259 e. The van der Waals surface area contributed by atoms with Crippen LogP contribution < -0.4 is 10.5 Å². The van der Waals surface area contributed by atoms with Crippen molar-refractivity contribution in [2.75, 3.05) is 18.0 Å². The summed E-state index contributed by atoms with van der Waals surface area (Å²) in [7, 11) is 1.65. The molecule has 0 saturated carbocycles. The zero-order valence-electron chi connectivity index (χ0n) is 15.2. The highest BCUT2D eigenvalue weighted by Gasteiger charge is 2.20. The molecule has 0 atom stereocenters. The molecule has 0 bridgehead atoms. The van der Waals surface area contributed by atoms with Gasteiger partial charge in [0.15, 0.2) is 0 Å². The lowest BCUT2D eigenvalue weighted by Crippen LogP contribution is -2.35. The van der Waals surface area contributed by atoms with E-state index in [0.717, 1.165) is 48.1 Å². The molecular formula is C22H21N3O2. The first kappa shape index (κ1) is 17.3. The van der Waals surface area contributed by atoms with Crippen LogP contribution in [0.3, 0.4) is 0 Å². The van der Waals surface area contributed by atoms with Crippen molar-refractivity contribution in [1.82, 2.24) is 4.57 Å². The fourth-order valence-electron chi connectivity index (χ4n) is 3.85. The van der Waals surface area contributed by atoms with Crippen LogP contribution in [0.4, 0.5) is 5.69 Å². The minimum absolute atomic E-state index is 0.165. The third-order valence-electron chi connectivity index (χ3n) is 5.38. The van der Waals surface area contributed by atoms with E-state index in [0.29, 0.717) is 11.1 Å². The topological polar surface area (TPSA) is 69.3 Å². The van der Waals surface area contributed by atoms with E-state index in [2.05, 4.69) is 11.0 Å². The number of nitrogens with zero attached hydrogens (tertiary/aromatic N) is 3. The van der Waals surface area contributed by atoms with E-state index in [9.17, 15) is 15.2 Å². The molecule has 1 fully saturated rings. The maximum Gasteiger partial charge on any atom is 0.259 e. The second-order valence-electron chi connectivity index (χ2n) is 7.01. The van der Waals surface area contributed by atoms with Crippen molar-refractivity contribution in [2.45, 2.75) is 18.9 Å². The number of aliphatic hydroxyl groups excluding tert-OH is 1. The van der Waals surface area contributed by atoms with Gasteiger partial charge in [0.2, 0.25) is 0 Å². The van der Waals surface area contributed by atoms with E-state index in [1.807, 2.05) is 48.5 Å². The molecule has 27 heavy (non-hydrogen) atoms. The molecule has 0 unspecified atom stereocenters. The van der Waals surface area contributed by atoms with Gasteiger partial charge in [-0.05, 0) is 42.0 Å². The van der Waals surface area contributed by atoms with Gasteiger partial charge in [-0.25, -0.2) is 0 Å². The molecule has 1 aliphatic heterocycles. The summed E-state index contributed by atoms with van der Waals surface area (Å²) in [4.78, 5) is 15.0. The molecule has 1 N–H and O–H groups in total. The van der Waals surface area contributed by atoms with Crippen LogP contribution >= 0.6 is 0 Å². The van der Waals surface area contributed by atoms with Crippen molar-refractivity contribution in [1.29, 1.82) is 5.26 Å². The number of hydrogen-bond acceptors (Lipinski definition) is 4. The highest BCUT2D eigenvalue weighted by molar-refractivity contribution is 6.00. The molecule has 1 aromatic heterocycles. The normalized spacial score (nSPS) is 15.1. The first-order valence-electron chi connectivity index (χ1n) is 9.15. The number of benzene rings is 2. The second-order valence-corrected chi connectivity index (χ2v) is 7.01. The van der Waals surface area contributed by atoms with Gasteiger partial charge in [0.25, 0.3) is 5.56 Å². The largest absolute Gasteiger partial charge is 0.393 e. The Labute approximate surface area is 157 Å². The van der Waals surface area contributed by atoms with Crippen LogP contribution in [0.5, 0.6) is 0 Å². The van der Waals surface area contributed by atoms with Gasteiger partial charge in [-0.1, -0.05) is 30.3 Å². The van der Waals surface area contributed by atoms with Crippen molar-refractivity contribution in [3.63, 3.8) is 0 Å². The van der Waals surface area contributed by atoms with Gasteiger partial charge in [-0.2, -0.15) is 5.26 Å². The molecule has 3 aromatic rings.